The zero-order chi connectivity index (χ0) is 14.8. The predicted molar refractivity (Wildman–Crippen MR) is 80.9 cm³/mol. The molecular weight excluding hydrogens is 274 g/mol. The van der Waals surface area contributed by atoms with Gasteiger partial charge < -0.3 is 15.8 Å². The Labute approximate surface area is 123 Å². The van der Waals surface area contributed by atoms with Crippen LogP contribution in [0.3, 0.4) is 0 Å². The molecule has 1 saturated carbocycles. The van der Waals surface area contributed by atoms with Crippen LogP contribution in [-0.4, -0.2) is 22.7 Å². The van der Waals surface area contributed by atoms with Gasteiger partial charge >= 0.3 is 6.09 Å². The summed E-state index contributed by atoms with van der Waals surface area (Å²) in [6.07, 6.45) is 3.76. The van der Waals surface area contributed by atoms with Gasteiger partial charge in [0.25, 0.3) is 0 Å². The molecule has 5 nitrogen and oxygen atoms in total. The number of carbonyl (C=O) groups is 1. The second kappa shape index (κ2) is 5.99. The lowest BCUT2D eigenvalue weighted by atomic mass is 9.84. The normalized spacial score (nSPS) is 23.4. The summed E-state index contributed by atoms with van der Waals surface area (Å²) in [5.41, 5.74) is 6.29. The molecule has 1 fully saturated rings. The molecule has 1 unspecified atom stereocenters. The van der Waals surface area contributed by atoms with Gasteiger partial charge in [-0.15, -0.1) is 11.3 Å². The number of nitrogen functional groups attached to an aromatic ring is 1. The van der Waals surface area contributed by atoms with Crippen molar-refractivity contribution in [3.63, 3.8) is 0 Å². The smallest absolute Gasteiger partial charge is 0.407 e. The van der Waals surface area contributed by atoms with E-state index < -0.39 is 5.60 Å². The van der Waals surface area contributed by atoms with Crippen molar-refractivity contribution in [1.29, 1.82) is 0 Å². The highest BCUT2D eigenvalue weighted by molar-refractivity contribution is 7.13. The molecule has 0 radical (unpaired) electrons. The lowest BCUT2D eigenvalue weighted by Crippen LogP contribution is -2.41. The molecule has 1 aromatic heterocycles. The first kappa shape index (κ1) is 15.1. The van der Waals surface area contributed by atoms with Gasteiger partial charge in [0, 0.05) is 17.3 Å². The van der Waals surface area contributed by atoms with Crippen molar-refractivity contribution in [2.45, 2.75) is 64.0 Å². The third kappa shape index (κ3) is 4.37. The maximum Gasteiger partial charge on any atom is 0.407 e. The van der Waals surface area contributed by atoms with Gasteiger partial charge in [0.15, 0.2) is 5.13 Å². The number of hydrogen-bond donors (Lipinski definition) is 2. The number of nitrogens with zero attached hydrogens (tertiary/aromatic N) is 1. The summed E-state index contributed by atoms with van der Waals surface area (Å²) in [5, 5.41) is 5.60. The Morgan fingerprint density at radius 2 is 2.25 bits per heavy atom. The SMILES string of the molecule is CC(C)(C)OC(=O)N[C@@H]1CCCC(c2csc(N)n2)C1. The van der Waals surface area contributed by atoms with Crippen LogP contribution < -0.4 is 11.1 Å². The lowest BCUT2D eigenvalue weighted by molar-refractivity contribution is 0.0490. The molecule has 1 aliphatic carbocycles. The second-order valence-corrected chi connectivity index (χ2v) is 7.21. The Bertz CT molecular complexity index is 467. The van der Waals surface area contributed by atoms with E-state index in [1.54, 1.807) is 0 Å². The third-order valence-corrected chi connectivity index (χ3v) is 4.05. The minimum Gasteiger partial charge on any atom is -0.444 e. The number of amides is 1. The Kier molecular flexibility index (Phi) is 4.52. The molecule has 20 heavy (non-hydrogen) atoms. The number of nitrogens with two attached hydrogens (primary N) is 1. The van der Waals surface area contributed by atoms with Crippen LogP contribution in [0.4, 0.5) is 9.93 Å². The van der Waals surface area contributed by atoms with E-state index in [0.717, 1.165) is 31.4 Å². The van der Waals surface area contributed by atoms with E-state index in [4.69, 9.17) is 10.5 Å². The third-order valence-electron chi connectivity index (χ3n) is 3.35. The molecule has 0 spiro atoms. The molecule has 0 saturated heterocycles. The fourth-order valence-corrected chi connectivity index (χ4v) is 3.20. The van der Waals surface area contributed by atoms with Gasteiger partial charge in [-0.2, -0.15) is 0 Å². The quantitative estimate of drug-likeness (QED) is 0.878. The molecule has 2 atom stereocenters. The molecule has 0 aromatic carbocycles. The maximum atomic E-state index is 11.8. The summed E-state index contributed by atoms with van der Waals surface area (Å²) in [6, 6.07) is 0.159. The van der Waals surface area contributed by atoms with Crippen molar-refractivity contribution in [1.82, 2.24) is 10.3 Å². The molecule has 3 N–H and O–H groups in total. The number of alkyl carbamates (subject to hydrolysis) is 1. The lowest BCUT2D eigenvalue weighted by Gasteiger charge is -2.30. The van der Waals surface area contributed by atoms with Crippen LogP contribution in [0.15, 0.2) is 5.38 Å². The summed E-state index contributed by atoms with van der Waals surface area (Å²) in [6.45, 7) is 5.61. The average Bonchev–Trinajstić information content (AvgIpc) is 2.73. The van der Waals surface area contributed by atoms with Crippen molar-refractivity contribution in [3.8, 4) is 0 Å². The number of anilines is 1. The number of rotatable bonds is 2. The molecule has 1 aliphatic rings. The van der Waals surface area contributed by atoms with Gasteiger partial charge in [0.05, 0.1) is 5.69 Å². The minimum absolute atomic E-state index is 0.159. The number of thiazole rings is 1. The van der Waals surface area contributed by atoms with Crippen LogP contribution >= 0.6 is 11.3 Å². The first-order valence-corrected chi connectivity index (χ1v) is 7.92. The highest BCUT2D eigenvalue weighted by Gasteiger charge is 2.27. The average molecular weight is 297 g/mol. The number of aromatic nitrogens is 1. The van der Waals surface area contributed by atoms with E-state index in [9.17, 15) is 4.79 Å². The van der Waals surface area contributed by atoms with Crippen molar-refractivity contribution in [3.05, 3.63) is 11.1 Å². The molecule has 112 valence electrons. The van der Waals surface area contributed by atoms with Crippen LogP contribution in [0.1, 0.15) is 58.1 Å². The topological polar surface area (TPSA) is 77.2 Å². The molecule has 0 bridgehead atoms. The molecule has 1 amide bonds. The Morgan fingerprint density at radius 3 is 2.85 bits per heavy atom. The molecule has 1 heterocycles. The van der Waals surface area contributed by atoms with Crippen molar-refractivity contribution in [2.24, 2.45) is 0 Å². The zero-order valence-corrected chi connectivity index (χ0v) is 13.1. The van der Waals surface area contributed by atoms with Crippen molar-refractivity contribution < 1.29 is 9.53 Å². The maximum absolute atomic E-state index is 11.8. The molecule has 6 heteroatoms. The second-order valence-electron chi connectivity index (χ2n) is 6.32. The van der Waals surface area contributed by atoms with Crippen LogP contribution in [-0.2, 0) is 4.74 Å². The standard InChI is InChI=1S/C14H23N3O2S/c1-14(2,3)19-13(18)16-10-6-4-5-9(7-10)11-8-20-12(15)17-11/h8-10H,4-7H2,1-3H3,(H2,15,17)(H,16,18)/t9?,10-/m1/s1. The summed E-state index contributed by atoms with van der Waals surface area (Å²) in [7, 11) is 0. The van der Waals surface area contributed by atoms with E-state index in [-0.39, 0.29) is 12.1 Å². The largest absolute Gasteiger partial charge is 0.444 e. The fraction of sp³-hybridized carbons (Fsp3) is 0.714. The van der Waals surface area contributed by atoms with E-state index in [0.29, 0.717) is 11.0 Å². The molecule has 1 aromatic rings. The number of ether oxygens (including phenoxy) is 1. The first-order chi connectivity index (χ1) is 9.33. The monoisotopic (exact) mass is 297 g/mol. The predicted octanol–water partition coefficient (Wildman–Crippen LogP) is 3.28. The number of hydrogen-bond acceptors (Lipinski definition) is 5. The van der Waals surface area contributed by atoms with Crippen LogP contribution in [0.2, 0.25) is 0 Å². The molecule has 0 aliphatic heterocycles. The highest BCUT2D eigenvalue weighted by atomic mass is 32.1. The van der Waals surface area contributed by atoms with Gasteiger partial charge in [-0.25, -0.2) is 9.78 Å². The van der Waals surface area contributed by atoms with Gasteiger partial charge in [-0.1, -0.05) is 6.42 Å². The Hall–Kier alpha value is -1.30. The highest BCUT2D eigenvalue weighted by Crippen LogP contribution is 2.33. The van der Waals surface area contributed by atoms with Crippen LogP contribution in [0, 0.1) is 0 Å². The van der Waals surface area contributed by atoms with Crippen molar-refractivity contribution in [2.75, 3.05) is 5.73 Å². The Morgan fingerprint density at radius 1 is 1.50 bits per heavy atom. The van der Waals surface area contributed by atoms with Gasteiger partial charge in [-0.3, -0.25) is 0 Å². The summed E-state index contributed by atoms with van der Waals surface area (Å²) < 4.78 is 5.30. The summed E-state index contributed by atoms with van der Waals surface area (Å²) in [4.78, 5) is 16.2. The minimum atomic E-state index is -0.457. The van der Waals surface area contributed by atoms with Gasteiger partial charge in [-0.05, 0) is 40.0 Å². The Balaban J connectivity index is 1.89. The van der Waals surface area contributed by atoms with Gasteiger partial charge in [0.2, 0.25) is 0 Å². The van der Waals surface area contributed by atoms with E-state index in [1.165, 1.54) is 11.3 Å². The first-order valence-electron chi connectivity index (χ1n) is 7.04. The number of nitrogens with one attached hydrogen (secondary N) is 1. The van der Waals surface area contributed by atoms with Gasteiger partial charge in [0.1, 0.15) is 5.60 Å². The molecule has 2 rings (SSSR count). The van der Waals surface area contributed by atoms with Crippen LogP contribution in [0.25, 0.3) is 0 Å². The summed E-state index contributed by atoms with van der Waals surface area (Å²) in [5.74, 6) is 0.386. The number of carbonyl (C=O) groups excluding carboxylic acids is 1. The van der Waals surface area contributed by atoms with E-state index >= 15 is 0 Å². The molecular formula is C14H23N3O2S. The van der Waals surface area contributed by atoms with E-state index in [1.807, 2.05) is 26.2 Å². The zero-order valence-electron chi connectivity index (χ0n) is 12.3. The van der Waals surface area contributed by atoms with Crippen LogP contribution in [0.5, 0.6) is 0 Å². The van der Waals surface area contributed by atoms with E-state index in [2.05, 4.69) is 10.3 Å². The summed E-state index contributed by atoms with van der Waals surface area (Å²) >= 11 is 1.48. The van der Waals surface area contributed by atoms with Crippen molar-refractivity contribution >= 4 is 22.6 Å². The fourth-order valence-electron chi connectivity index (χ4n) is 2.55.